The minimum Gasteiger partial charge on any atom is -0.310 e. The van der Waals surface area contributed by atoms with E-state index in [0.29, 0.717) is 4.61 Å². The van der Waals surface area contributed by atoms with Gasteiger partial charge in [0.25, 0.3) is 0 Å². The standard InChI is InChI=1S/C3H2BrN2O/c4-2-1-5-3(7)6-2/h1H,(H,5,7). The van der Waals surface area contributed by atoms with Gasteiger partial charge in [-0.1, -0.05) is 0 Å². The first-order valence-corrected chi connectivity index (χ1v) is 2.46. The first-order valence-electron chi connectivity index (χ1n) is 1.67. The molecule has 0 bridgehead atoms. The van der Waals surface area contributed by atoms with Gasteiger partial charge in [-0.05, 0) is 15.9 Å². The Morgan fingerprint density at radius 2 is 2.57 bits per heavy atom. The molecule has 0 aromatic heterocycles. The molecule has 1 aliphatic heterocycles. The molecule has 1 heterocycles. The van der Waals surface area contributed by atoms with Crippen molar-refractivity contribution >= 4 is 22.0 Å². The van der Waals surface area contributed by atoms with E-state index < -0.39 is 0 Å². The summed E-state index contributed by atoms with van der Waals surface area (Å²) >= 11 is 2.99. The van der Waals surface area contributed by atoms with Crippen LogP contribution in [0, 0.1) is 0 Å². The molecule has 0 fully saturated rings. The van der Waals surface area contributed by atoms with Crippen molar-refractivity contribution in [3.05, 3.63) is 10.8 Å². The van der Waals surface area contributed by atoms with Gasteiger partial charge in [0, 0.05) is 6.20 Å². The molecule has 4 heteroatoms. The molecule has 0 aromatic rings. The summed E-state index contributed by atoms with van der Waals surface area (Å²) in [5, 5.41) is 5.77. The molecule has 1 radical (unpaired) electrons. The molecular formula is C3H2BrN2O. The van der Waals surface area contributed by atoms with Crippen molar-refractivity contribution in [1.29, 1.82) is 0 Å². The fraction of sp³-hybridized carbons (Fsp3) is 0. The average Bonchev–Trinajstić information content (AvgIpc) is 1.87. The predicted octanol–water partition coefficient (Wildman–Crippen LogP) is 0.508. The number of urea groups is 1. The number of halogens is 1. The lowest BCUT2D eigenvalue weighted by molar-refractivity contribution is 0.248. The van der Waals surface area contributed by atoms with Crippen molar-refractivity contribution in [2.45, 2.75) is 0 Å². The molecule has 0 saturated carbocycles. The fourth-order valence-electron chi connectivity index (χ4n) is 0.283. The quantitative estimate of drug-likeness (QED) is 0.518. The van der Waals surface area contributed by atoms with E-state index in [1.807, 2.05) is 0 Å². The highest BCUT2D eigenvalue weighted by molar-refractivity contribution is 9.11. The summed E-state index contributed by atoms with van der Waals surface area (Å²) in [5.74, 6) is 0. The van der Waals surface area contributed by atoms with Crippen LogP contribution in [0.2, 0.25) is 0 Å². The van der Waals surface area contributed by atoms with E-state index in [9.17, 15) is 4.79 Å². The van der Waals surface area contributed by atoms with Crippen LogP contribution in [0.3, 0.4) is 0 Å². The van der Waals surface area contributed by atoms with E-state index in [4.69, 9.17) is 0 Å². The Morgan fingerprint density at radius 1 is 1.86 bits per heavy atom. The molecule has 1 N–H and O–H groups in total. The van der Waals surface area contributed by atoms with E-state index in [1.54, 1.807) is 0 Å². The van der Waals surface area contributed by atoms with Crippen LogP contribution in [0.1, 0.15) is 0 Å². The zero-order chi connectivity index (χ0) is 5.28. The van der Waals surface area contributed by atoms with E-state index in [2.05, 4.69) is 26.6 Å². The monoisotopic (exact) mass is 161 g/mol. The van der Waals surface area contributed by atoms with Crippen LogP contribution in [-0.2, 0) is 0 Å². The third-order valence-corrected chi connectivity index (χ3v) is 0.929. The summed E-state index contributed by atoms with van der Waals surface area (Å²) in [6.45, 7) is 0. The predicted molar refractivity (Wildman–Crippen MR) is 27.7 cm³/mol. The molecule has 0 unspecified atom stereocenters. The SMILES string of the molecule is O=C1[N]C(Br)=CN1. The van der Waals surface area contributed by atoms with Crippen molar-refractivity contribution < 1.29 is 4.79 Å². The van der Waals surface area contributed by atoms with Gasteiger partial charge in [0.2, 0.25) is 0 Å². The van der Waals surface area contributed by atoms with Gasteiger partial charge in [-0.3, -0.25) is 0 Å². The second-order valence-electron chi connectivity index (χ2n) is 1.03. The van der Waals surface area contributed by atoms with Crippen LogP contribution in [-0.4, -0.2) is 6.03 Å². The molecule has 37 valence electrons. The Hall–Kier alpha value is -0.510. The van der Waals surface area contributed by atoms with Gasteiger partial charge in [0.1, 0.15) is 4.61 Å². The van der Waals surface area contributed by atoms with Crippen LogP contribution in [0.15, 0.2) is 10.8 Å². The zero-order valence-electron chi connectivity index (χ0n) is 3.31. The second-order valence-corrected chi connectivity index (χ2v) is 1.84. The Bertz CT molecular complexity index is 131. The minimum atomic E-state index is -0.313. The number of hydrogen-bond donors (Lipinski definition) is 1. The lowest BCUT2D eigenvalue weighted by Gasteiger charge is -1.80. The van der Waals surface area contributed by atoms with Crippen LogP contribution < -0.4 is 10.6 Å². The number of carbonyl (C=O) groups excluding carboxylic acids is 1. The highest BCUT2D eigenvalue weighted by Gasteiger charge is 2.08. The number of hydrogen-bond acceptors (Lipinski definition) is 1. The van der Waals surface area contributed by atoms with Crippen LogP contribution >= 0.6 is 15.9 Å². The van der Waals surface area contributed by atoms with Crippen molar-refractivity contribution in [3.8, 4) is 0 Å². The number of rotatable bonds is 0. The lowest BCUT2D eigenvalue weighted by Crippen LogP contribution is -2.15. The Balaban J connectivity index is 2.58. The van der Waals surface area contributed by atoms with Gasteiger partial charge in [-0.15, -0.1) is 0 Å². The molecule has 3 nitrogen and oxygen atoms in total. The molecule has 0 spiro atoms. The maximum absolute atomic E-state index is 10.1. The van der Waals surface area contributed by atoms with Gasteiger partial charge < -0.3 is 5.32 Å². The normalized spacial score (nSPS) is 17.9. The van der Waals surface area contributed by atoms with Crippen molar-refractivity contribution in [1.82, 2.24) is 10.6 Å². The summed E-state index contributed by atoms with van der Waals surface area (Å²) in [6.07, 6.45) is 1.49. The largest absolute Gasteiger partial charge is 0.346 e. The summed E-state index contributed by atoms with van der Waals surface area (Å²) in [4.78, 5) is 10.1. The number of nitrogens with one attached hydrogen (secondary N) is 1. The highest BCUT2D eigenvalue weighted by atomic mass is 79.9. The van der Waals surface area contributed by atoms with Gasteiger partial charge in [0.05, 0.1) is 0 Å². The number of amides is 2. The van der Waals surface area contributed by atoms with Gasteiger partial charge in [-0.25, -0.2) is 4.79 Å². The Morgan fingerprint density at radius 3 is 2.71 bits per heavy atom. The van der Waals surface area contributed by atoms with Gasteiger partial charge in [0.15, 0.2) is 0 Å². The average molecular weight is 162 g/mol. The molecule has 2 amide bonds. The molecule has 0 aliphatic carbocycles. The van der Waals surface area contributed by atoms with E-state index in [-0.39, 0.29) is 6.03 Å². The number of nitrogens with zero attached hydrogens (tertiary/aromatic N) is 1. The fourth-order valence-corrected chi connectivity index (χ4v) is 0.558. The number of carbonyl (C=O) groups is 1. The smallest absolute Gasteiger partial charge is 0.310 e. The summed E-state index contributed by atoms with van der Waals surface area (Å²) in [5.41, 5.74) is 0. The summed E-state index contributed by atoms with van der Waals surface area (Å²) in [7, 11) is 0. The van der Waals surface area contributed by atoms with Gasteiger partial charge in [-0.2, -0.15) is 5.32 Å². The van der Waals surface area contributed by atoms with Crippen molar-refractivity contribution in [2.75, 3.05) is 0 Å². The first kappa shape index (κ1) is 4.64. The molecular weight excluding hydrogens is 160 g/mol. The Labute approximate surface area is 48.9 Å². The maximum atomic E-state index is 10.1. The van der Waals surface area contributed by atoms with Gasteiger partial charge >= 0.3 is 6.03 Å². The van der Waals surface area contributed by atoms with E-state index >= 15 is 0 Å². The summed E-state index contributed by atoms with van der Waals surface area (Å²) in [6, 6.07) is -0.313. The summed E-state index contributed by atoms with van der Waals surface area (Å²) < 4.78 is 0.553. The molecule has 1 aliphatic rings. The third-order valence-electron chi connectivity index (χ3n) is 0.523. The highest BCUT2D eigenvalue weighted by Crippen LogP contribution is 2.03. The Kier molecular flexibility index (Phi) is 1.02. The topological polar surface area (TPSA) is 43.2 Å². The first-order chi connectivity index (χ1) is 3.29. The minimum absolute atomic E-state index is 0.313. The van der Waals surface area contributed by atoms with Crippen LogP contribution in [0.25, 0.3) is 0 Å². The van der Waals surface area contributed by atoms with Crippen LogP contribution in [0.5, 0.6) is 0 Å². The third kappa shape index (κ3) is 0.928. The second kappa shape index (κ2) is 1.54. The molecule has 0 saturated heterocycles. The molecule has 0 aromatic carbocycles. The maximum Gasteiger partial charge on any atom is 0.346 e. The lowest BCUT2D eigenvalue weighted by atomic mass is 11.0. The van der Waals surface area contributed by atoms with E-state index in [0.717, 1.165) is 0 Å². The van der Waals surface area contributed by atoms with Crippen LogP contribution in [0.4, 0.5) is 4.79 Å². The van der Waals surface area contributed by atoms with E-state index in [1.165, 1.54) is 6.20 Å². The zero-order valence-corrected chi connectivity index (χ0v) is 4.90. The van der Waals surface area contributed by atoms with Crippen molar-refractivity contribution in [2.24, 2.45) is 0 Å². The van der Waals surface area contributed by atoms with Crippen molar-refractivity contribution in [3.63, 3.8) is 0 Å². The molecule has 1 rings (SSSR count). The molecule has 7 heavy (non-hydrogen) atoms. The molecule has 0 atom stereocenters.